The number of esters is 3. The molecule has 0 atom stereocenters. The number of ether oxygens (including phenoxy) is 3. The maximum Gasteiger partial charge on any atom is 0.343 e. The van der Waals surface area contributed by atoms with Crippen LogP contribution in [-0.4, -0.2) is 24.5 Å². The second kappa shape index (κ2) is 18.1. The summed E-state index contributed by atoms with van der Waals surface area (Å²) in [5.41, 5.74) is 0.00450. The molecule has 2 aromatic carbocycles. The van der Waals surface area contributed by atoms with Gasteiger partial charge in [-0.2, -0.15) is 0 Å². The zero-order valence-electron chi connectivity index (χ0n) is 22.8. The molecule has 38 heavy (non-hydrogen) atoms. The van der Waals surface area contributed by atoms with Crippen molar-refractivity contribution in [2.24, 2.45) is 0 Å². The number of carbonyl (C=O) groups is 3. The molecule has 2 rings (SSSR count). The lowest BCUT2D eigenvalue weighted by molar-refractivity contribution is -0.134. The number of benzene rings is 2. The molecule has 7 heteroatoms. The highest BCUT2D eigenvalue weighted by atomic mass is 19.1. The standard InChI is InChI=1S/C31H41FO6/c1-3-5-7-9-10-11-13-15-29(33)37-25-18-16-24(17-19-25)30(34)38-26-20-21-27(28(32)23-26)31(35)36-22-14-12-8-6-4-2/h16-21,23H,3-15,22H2,1-2H3. The first kappa shape index (κ1) is 31.0. The van der Waals surface area contributed by atoms with Crippen LogP contribution in [0.1, 0.15) is 118 Å². The molecule has 0 aliphatic carbocycles. The van der Waals surface area contributed by atoms with Gasteiger partial charge in [-0.05, 0) is 49.2 Å². The summed E-state index contributed by atoms with van der Waals surface area (Å²) in [7, 11) is 0. The van der Waals surface area contributed by atoms with Crippen molar-refractivity contribution in [3.63, 3.8) is 0 Å². The average Bonchev–Trinajstić information content (AvgIpc) is 2.90. The van der Waals surface area contributed by atoms with Gasteiger partial charge in [0.15, 0.2) is 0 Å². The predicted molar refractivity (Wildman–Crippen MR) is 145 cm³/mol. The normalized spacial score (nSPS) is 10.7. The lowest BCUT2D eigenvalue weighted by atomic mass is 10.1. The Labute approximate surface area is 225 Å². The number of rotatable bonds is 18. The molecule has 0 radical (unpaired) electrons. The molecule has 0 aliphatic heterocycles. The Morgan fingerprint density at radius 3 is 1.87 bits per heavy atom. The van der Waals surface area contributed by atoms with Gasteiger partial charge in [-0.1, -0.05) is 78.1 Å². The van der Waals surface area contributed by atoms with E-state index in [1.165, 1.54) is 62.1 Å². The van der Waals surface area contributed by atoms with Gasteiger partial charge in [0.1, 0.15) is 17.3 Å². The second-order valence-corrected chi connectivity index (χ2v) is 9.45. The quantitative estimate of drug-likeness (QED) is 0.110. The zero-order valence-corrected chi connectivity index (χ0v) is 22.8. The number of unbranched alkanes of at least 4 members (excludes halogenated alkanes) is 10. The van der Waals surface area contributed by atoms with Gasteiger partial charge in [0.05, 0.1) is 17.7 Å². The van der Waals surface area contributed by atoms with Crippen LogP contribution in [0.4, 0.5) is 4.39 Å². The maximum absolute atomic E-state index is 14.4. The van der Waals surface area contributed by atoms with Crippen molar-refractivity contribution in [2.45, 2.75) is 97.3 Å². The molecule has 208 valence electrons. The van der Waals surface area contributed by atoms with Gasteiger partial charge in [0, 0.05) is 12.5 Å². The topological polar surface area (TPSA) is 78.9 Å². The largest absolute Gasteiger partial charge is 0.462 e. The van der Waals surface area contributed by atoms with Crippen molar-refractivity contribution in [1.29, 1.82) is 0 Å². The molecule has 0 spiro atoms. The van der Waals surface area contributed by atoms with E-state index in [4.69, 9.17) is 14.2 Å². The lowest BCUT2D eigenvalue weighted by Gasteiger charge is -2.09. The fourth-order valence-corrected chi connectivity index (χ4v) is 3.91. The minimum atomic E-state index is -0.825. The third-order valence-electron chi connectivity index (χ3n) is 6.16. The smallest absolute Gasteiger partial charge is 0.343 e. The van der Waals surface area contributed by atoms with Crippen molar-refractivity contribution in [2.75, 3.05) is 6.61 Å². The van der Waals surface area contributed by atoms with Crippen LogP contribution < -0.4 is 9.47 Å². The SMILES string of the molecule is CCCCCCCCCC(=O)Oc1ccc(C(=O)Oc2ccc(C(=O)OCCCCCCC)c(F)c2)cc1. The molecule has 0 heterocycles. The average molecular weight is 529 g/mol. The second-order valence-electron chi connectivity index (χ2n) is 9.45. The fourth-order valence-electron chi connectivity index (χ4n) is 3.91. The molecular formula is C31H41FO6. The van der Waals surface area contributed by atoms with E-state index in [0.29, 0.717) is 12.2 Å². The monoisotopic (exact) mass is 528 g/mol. The molecule has 0 fully saturated rings. The van der Waals surface area contributed by atoms with Crippen LogP contribution in [-0.2, 0) is 9.53 Å². The van der Waals surface area contributed by atoms with Crippen LogP contribution in [0.15, 0.2) is 42.5 Å². The van der Waals surface area contributed by atoms with Crippen LogP contribution in [0.3, 0.4) is 0 Å². The Balaban J connectivity index is 1.76. The van der Waals surface area contributed by atoms with Crippen molar-refractivity contribution in [3.05, 3.63) is 59.4 Å². The van der Waals surface area contributed by atoms with Crippen LogP contribution >= 0.6 is 0 Å². The van der Waals surface area contributed by atoms with E-state index >= 15 is 0 Å². The minimum Gasteiger partial charge on any atom is -0.462 e. The van der Waals surface area contributed by atoms with Crippen molar-refractivity contribution < 1.29 is 33.0 Å². The third kappa shape index (κ3) is 11.9. The summed E-state index contributed by atoms with van der Waals surface area (Å²) in [6.45, 7) is 4.55. The first-order valence-corrected chi connectivity index (χ1v) is 13.9. The predicted octanol–water partition coefficient (Wildman–Crippen LogP) is 8.22. The molecule has 2 aromatic rings. The molecule has 0 aliphatic rings. The highest BCUT2D eigenvalue weighted by molar-refractivity contribution is 5.92. The Morgan fingerprint density at radius 1 is 0.658 bits per heavy atom. The van der Waals surface area contributed by atoms with E-state index < -0.39 is 17.8 Å². The van der Waals surface area contributed by atoms with Crippen LogP contribution in [0.5, 0.6) is 11.5 Å². The summed E-state index contributed by atoms with van der Waals surface area (Å²) in [6, 6.07) is 9.55. The molecule has 0 saturated carbocycles. The zero-order chi connectivity index (χ0) is 27.6. The summed E-state index contributed by atoms with van der Waals surface area (Å²) in [4.78, 5) is 36.6. The molecule has 0 aromatic heterocycles. The maximum atomic E-state index is 14.4. The van der Waals surface area contributed by atoms with Crippen LogP contribution in [0, 0.1) is 5.82 Å². The van der Waals surface area contributed by atoms with Gasteiger partial charge in [-0.25, -0.2) is 14.0 Å². The van der Waals surface area contributed by atoms with Crippen molar-refractivity contribution >= 4 is 17.9 Å². The van der Waals surface area contributed by atoms with Gasteiger partial charge in [-0.3, -0.25) is 4.79 Å². The van der Waals surface area contributed by atoms with Crippen LogP contribution in [0.2, 0.25) is 0 Å². The van der Waals surface area contributed by atoms with E-state index in [-0.39, 0.29) is 29.5 Å². The van der Waals surface area contributed by atoms with Gasteiger partial charge < -0.3 is 14.2 Å². The highest BCUT2D eigenvalue weighted by Crippen LogP contribution is 2.20. The van der Waals surface area contributed by atoms with E-state index in [0.717, 1.165) is 57.4 Å². The van der Waals surface area contributed by atoms with Crippen LogP contribution in [0.25, 0.3) is 0 Å². The lowest BCUT2D eigenvalue weighted by Crippen LogP contribution is -2.11. The van der Waals surface area contributed by atoms with E-state index in [1.54, 1.807) is 0 Å². The number of carbonyl (C=O) groups excluding carboxylic acids is 3. The first-order valence-electron chi connectivity index (χ1n) is 13.9. The van der Waals surface area contributed by atoms with Gasteiger partial charge in [0.25, 0.3) is 0 Å². The van der Waals surface area contributed by atoms with Crippen molar-refractivity contribution in [1.82, 2.24) is 0 Å². The molecule has 0 unspecified atom stereocenters. The Hall–Kier alpha value is -3.22. The van der Waals surface area contributed by atoms with Gasteiger partial charge in [0.2, 0.25) is 0 Å². The molecule has 0 amide bonds. The third-order valence-corrected chi connectivity index (χ3v) is 6.16. The van der Waals surface area contributed by atoms with Gasteiger partial charge in [-0.15, -0.1) is 0 Å². The van der Waals surface area contributed by atoms with E-state index in [1.807, 2.05) is 0 Å². The minimum absolute atomic E-state index is 0.0335. The molecule has 0 N–H and O–H groups in total. The summed E-state index contributed by atoms with van der Waals surface area (Å²) in [5, 5.41) is 0. The molecule has 0 bridgehead atoms. The summed E-state index contributed by atoms with van der Waals surface area (Å²) < 4.78 is 30.2. The summed E-state index contributed by atoms with van der Waals surface area (Å²) >= 11 is 0. The number of hydrogen-bond acceptors (Lipinski definition) is 6. The molecule has 6 nitrogen and oxygen atoms in total. The highest BCUT2D eigenvalue weighted by Gasteiger charge is 2.16. The van der Waals surface area contributed by atoms with Gasteiger partial charge >= 0.3 is 17.9 Å². The first-order chi connectivity index (χ1) is 18.4. The molecular weight excluding hydrogens is 487 g/mol. The van der Waals surface area contributed by atoms with E-state index in [9.17, 15) is 18.8 Å². The van der Waals surface area contributed by atoms with Crippen molar-refractivity contribution in [3.8, 4) is 11.5 Å². The fraction of sp³-hybridized carbons (Fsp3) is 0.516. The number of halogens is 1. The van der Waals surface area contributed by atoms with E-state index in [2.05, 4.69) is 13.8 Å². The summed E-state index contributed by atoms with van der Waals surface area (Å²) in [6.07, 6.45) is 13.2. The number of hydrogen-bond donors (Lipinski definition) is 0. The Bertz CT molecular complexity index is 1000. The summed E-state index contributed by atoms with van der Waals surface area (Å²) in [5.74, 6) is -2.27. The Kier molecular flexibility index (Phi) is 14.8. The Morgan fingerprint density at radius 2 is 1.24 bits per heavy atom. The molecule has 0 saturated heterocycles.